The summed E-state index contributed by atoms with van der Waals surface area (Å²) < 4.78 is 0. The van der Waals surface area contributed by atoms with E-state index in [1.165, 1.54) is 0 Å². The van der Waals surface area contributed by atoms with Crippen LogP contribution in [0.15, 0.2) is 0 Å². The lowest BCUT2D eigenvalue weighted by atomic mass is 10.3. The molecule has 1 rings (SSSR count). The van der Waals surface area contributed by atoms with Crippen molar-refractivity contribution in [2.24, 2.45) is 5.73 Å². The summed E-state index contributed by atoms with van der Waals surface area (Å²) in [5, 5.41) is 3.11. The highest BCUT2D eigenvalue weighted by Crippen LogP contribution is 1.98. The summed E-state index contributed by atoms with van der Waals surface area (Å²) in [6, 6.07) is 1.09. The van der Waals surface area contributed by atoms with Crippen molar-refractivity contribution in [1.82, 2.24) is 5.32 Å². The number of hydrogen-bond acceptors (Lipinski definition) is 2. The number of nitrogens with one attached hydrogen (secondary N) is 1. The maximum atomic E-state index is 5.39. The van der Waals surface area contributed by atoms with E-state index in [4.69, 9.17) is 5.73 Å². The van der Waals surface area contributed by atoms with Crippen LogP contribution in [0.25, 0.3) is 0 Å². The largest absolute Gasteiger partial charge is 0.479 e. The fraction of sp³-hybridized carbons (Fsp3) is 0.750. The molecule has 0 saturated carbocycles. The summed E-state index contributed by atoms with van der Waals surface area (Å²) in [6.45, 7) is 2.01. The summed E-state index contributed by atoms with van der Waals surface area (Å²) >= 11 is 0. The summed E-state index contributed by atoms with van der Waals surface area (Å²) in [5.41, 5.74) is 5.39. The zero-order chi connectivity index (χ0) is 4.41. The molecule has 1 saturated heterocycles. The van der Waals surface area contributed by atoms with Crippen molar-refractivity contribution in [2.75, 3.05) is 13.1 Å². The molecule has 2 heteroatoms. The third kappa shape index (κ3) is 0.698. The van der Waals surface area contributed by atoms with Gasteiger partial charge in [-0.1, -0.05) is 0 Å². The van der Waals surface area contributed by atoms with E-state index in [9.17, 15) is 0 Å². The van der Waals surface area contributed by atoms with Crippen molar-refractivity contribution in [3.63, 3.8) is 0 Å². The van der Waals surface area contributed by atoms with Gasteiger partial charge >= 0.3 is 0 Å². The van der Waals surface area contributed by atoms with Gasteiger partial charge in [0.1, 0.15) is 0 Å². The first-order chi connectivity index (χ1) is 2.89. The van der Waals surface area contributed by atoms with Crippen LogP contribution in [0.2, 0.25) is 0 Å². The average Bonchev–Trinajstić information content (AvgIpc) is 1.86. The number of rotatable bonds is 0. The Morgan fingerprint density at radius 3 is 2.67 bits per heavy atom. The molecule has 0 bridgehead atoms. The summed E-state index contributed by atoms with van der Waals surface area (Å²) in [4.78, 5) is 0. The Morgan fingerprint density at radius 1 is 1.67 bits per heavy atom. The highest BCUT2D eigenvalue weighted by Gasteiger charge is 1.92. The molecule has 36 valence electrons. The molecule has 0 amide bonds. The van der Waals surface area contributed by atoms with Gasteiger partial charge in [0, 0.05) is 0 Å². The fourth-order valence-corrected chi connectivity index (χ4v) is 0.586. The lowest BCUT2D eigenvalue weighted by Gasteiger charge is -2.10. The minimum absolute atomic E-state index is 0.931. The summed E-state index contributed by atoms with van der Waals surface area (Å²) in [5.74, 6) is 0. The van der Waals surface area contributed by atoms with Crippen LogP contribution in [0.1, 0.15) is 6.42 Å². The minimum Gasteiger partial charge on any atom is -0.479 e. The van der Waals surface area contributed by atoms with E-state index in [2.05, 4.69) is 5.32 Å². The second-order valence-corrected chi connectivity index (χ2v) is 1.59. The molecule has 2 nitrogen and oxygen atoms in total. The van der Waals surface area contributed by atoms with Gasteiger partial charge in [-0.15, -0.1) is 6.54 Å². The van der Waals surface area contributed by atoms with Crippen LogP contribution in [0, 0.1) is 6.04 Å². The van der Waals surface area contributed by atoms with Gasteiger partial charge in [-0.3, -0.25) is 0 Å². The van der Waals surface area contributed by atoms with E-state index in [1.54, 1.807) is 0 Å². The van der Waals surface area contributed by atoms with Gasteiger partial charge in [0.25, 0.3) is 0 Å². The molecular weight excluding hydrogens is 76.1 g/mol. The van der Waals surface area contributed by atoms with Gasteiger partial charge in [-0.25, -0.2) is 6.04 Å². The standard InChI is InChI=1S/C4H9N2/c5-4-1-2-6-3-4/h6H,1-3,5H2/q-1. The first-order valence-electron chi connectivity index (χ1n) is 2.20. The molecular formula is C4H9N2-. The third-order valence-corrected chi connectivity index (χ3v) is 0.975. The van der Waals surface area contributed by atoms with E-state index in [0.717, 1.165) is 25.6 Å². The molecule has 1 aliphatic heterocycles. The predicted octanol–water partition coefficient (Wildman–Crippen LogP) is -0.530. The minimum atomic E-state index is 0.931. The zero-order valence-corrected chi connectivity index (χ0v) is 3.70. The van der Waals surface area contributed by atoms with Gasteiger partial charge in [-0.2, -0.15) is 6.42 Å². The maximum Gasteiger partial charge on any atom is -0.0335 e. The highest BCUT2D eigenvalue weighted by atomic mass is 14.9. The molecule has 0 aromatic heterocycles. The van der Waals surface area contributed by atoms with Crippen molar-refractivity contribution in [3.05, 3.63) is 6.04 Å². The van der Waals surface area contributed by atoms with E-state index >= 15 is 0 Å². The Kier molecular flexibility index (Phi) is 1.08. The van der Waals surface area contributed by atoms with Crippen molar-refractivity contribution in [3.8, 4) is 0 Å². The fourth-order valence-electron chi connectivity index (χ4n) is 0.586. The molecule has 0 atom stereocenters. The normalized spacial score (nSPS) is 25.5. The van der Waals surface area contributed by atoms with Crippen molar-refractivity contribution in [1.29, 1.82) is 0 Å². The monoisotopic (exact) mass is 85.1 g/mol. The Bertz CT molecular complexity index is 38.8. The second-order valence-electron chi connectivity index (χ2n) is 1.59. The Morgan fingerprint density at radius 2 is 2.50 bits per heavy atom. The van der Waals surface area contributed by atoms with Crippen LogP contribution < -0.4 is 11.1 Å². The molecule has 1 heterocycles. The summed E-state index contributed by atoms with van der Waals surface area (Å²) in [6.07, 6.45) is 1.07. The van der Waals surface area contributed by atoms with Crippen LogP contribution >= 0.6 is 0 Å². The first-order valence-corrected chi connectivity index (χ1v) is 2.20. The molecule has 0 aliphatic carbocycles. The van der Waals surface area contributed by atoms with E-state index < -0.39 is 0 Å². The van der Waals surface area contributed by atoms with Crippen LogP contribution in [0.5, 0.6) is 0 Å². The Labute approximate surface area is 37.7 Å². The van der Waals surface area contributed by atoms with E-state index in [0.29, 0.717) is 0 Å². The van der Waals surface area contributed by atoms with Gasteiger partial charge in [-0.05, 0) is 6.54 Å². The van der Waals surface area contributed by atoms with Gasteiger partial charge in [0.15, 0.2) is 0 Å². The Balaban J connectivity index is 2.18. The summed E-state index contributed by atoms with van der Waals surface area (Å²) in [7, 11) is 0. The molecule has 0 radical (unpaired) electrons. The zero-order valence-electron chi connectivity index (χ0n) is 3.70. The number of hydrogen-bond donors (Lipinski definition) is 2. The molecule has 0 unspecified atom stereocenters. The molecule has 0 aromatic rings. The molecule has 0 aromatic carbocycles. The van der Waals surface area contributed by atoms with Crippen molar-refractivity contribution < 1.29 is 0 Å². The van der Waals surface area contributed by atoms with Crippen LogP contribution in [0.4, 0.5) is 0 Å². The number of nitrogens with two attached hydrogens (primary N) is 1. The van der Waals surface area contributed by atoms with Crippen LogP contribution in [-0.4, -0.2) is 13.1 Å². The average molecular weight is 85.1 g/mol. The van der Waals surface area contributed by atoms with E-state index in [1.807, 2.05) is 0 Å². The predicted molar refractivity (Wildman–Crippen MR) is 24.9 cm³/mol. The third-order valence-electron chi connectivity index (χ3n) is 0.975. The Hall–Kier alpha value is -0.0800. The van der Waals surface area contributed by atoms with Gasteiger partial charge in [0.05, 0.1) is 0 Å². The quantitative estimate of drug-likeness (QED) is 0.388. The first kappa shape index (κ1) is 4.09. The lowest BCUT2D eigenvalue weighted by molar-refractivity contribution is 0.858. The topological polar surface area (TPSA) is 38.0 Å². The molecule has 1 fully saturated rings. The van der Waals surface area contributed by atoms with Crippen molar-refractivity contribution >= 4 is 0 Å². The molecule has 0 spiro atoms. The van der Waals surface area contributed by atoms with E-state index in [-0.39, 0.29) is 0 Å². The highest BCUT2D eigenvalue weighted by molar-refractivity contribution is 4.90. The van der Waals surface area contributed by atoms with Gasteiger partial charge < -0.3 is 11.1 Å². The SMILES string of the molecule is N[C-]1CCNC1. The van der Waals surface area contributed by atoms with Crippen LogP contribution in [-0.2, 0) is 0 Å². The molecule has 3 N–H and O–H groups in total. The van der Waals surface area contributed by atoms with Gasteiger partial charge in [0.2, 0.25) is 0 Å². The smallest absolute Gasteiger partial charge is 0.0335 e. The molecule has 6 heavy (non-hydrogen) atoms. The second kappa shape index (κ2) is 1.58. The maximum absolute atomic E-state index is 5.39. The van der Waals surface area contributed by atoms with Crippen LogP contribution in [0.3, 0.4) is 0 Å². The lowest BCUT2D eigenvalue weighted by Crippen LogP contribution is -2.13. The van der Waals surface area contributed by atoms with Crippen molar-refractivity contribution in [2.45, 2.75) is 6.42 Å². The molecule has 1 aliphatic rings.